The fraction of sp³-hybridized carbons (Fsp3) is 0.538. The quantitative estimate of drug-likeness (QED) is 0.798. The molecule has 3 nitrogen and oxygen atoms in total. The molecule has 0 heterocycles. The summed E-state index contributed by atoms with van der Waals surface area (Å²) in [4.78, 5) is 2.26. The first-order valence-corrected chi connectivity index (χ1v) is 5.75. The van der Waals surface area contributed by atoms with Crippen molar-refractivity contribution < 1.29 is 4.74 Å². The van der Waals surface area contributed by atoms with Crippen LogP contribution in [0.15, 0.2) is 24.3 Å². The number of hydrogen-bond acceptors (Lipinski definition) is 3. The topological polar surface area (TPSA) is 38.5 Å². The molecule has 16 heavy (non-hydrogen) atoms. The summed E-state index contributed by atoms with van der Waals surface area (Å²) in [6, 6.07) is 8.50. The van der Waals surface area contributed by atoms with E-state index in [1.807, 2.05) is 24.3 Å². The molecule has 1 aromatic carbocycles. The molecule has 0 aromatic heterocycles. The maximum atomic E-state index is 5.67. The molecule has 0 fully saturated rings. The Kier molecular flexibility index (Phi) is 5.29. The lowest BCUT2D eigenvalue weighted by molar-refractivity contribution is 0.208. The van der Waals surface area contributed by atoms with Gasteiger partial charge in [0, 0.05) is 19.1 Å². The highest BCUT2D eigenvalue weighted by atomic mass is 16.5. The van der Waals surface area contributed by atoms with Crippen LogP contribution in [0.1, 0.15) is 19.4 Å². The van der Waals surface area contributed by atoms with Gasteiger partial charge in [0.1, 0.15) is 12.4 Å². The highest BCUT2D eigenvalue weighted by Gasteiger charge is 2.02. The van der Waals surface area contributed by atoms with Crippen LogP contribution in [0.3, 0.4) is 0 Å². The van der Waals surface area contributed by atoms with Crippen LogP contribution in [-0.4, -0.2) is 31.1 Å². The molecule has 2 N–H and O–H groups in total. The summed E-state index contributed by atoms with van der Waals surface area (Å²) in [6.45, 7) is 6.56. The predicted octanol–water partition coefficient (Wildman–Crippen LogP) is 1.86. The standard InChI is InChI=1S/C13H22N2O/c1-11(2)15(3)7-8-16-13-6-4-5-12(9-13)10-14/h4-6,9,11H,7-8,10,14H2,1-3H3. The number of likely N-dealkylation sites (N-methyl/N-ethyl adjacent to an activating group) is 1. The smallest absolute Gasteiger partial charge is 0.119 e. The maximum Gasteiger partial charge on any atom is 0.119 e. The first-order chi connectivity index (χ1) is 7.63. The minimum Gasteiger partial charge on any atom is -0.492 e. The molecule has 0 aliphatic heterocycles. The van der Waals surface area contributed by atoms with Gasteiger partial charge in [0.15, 0.2) is 0 Å². The van der Waals surface area contributed by atoms with Crippen molar-refractivity contribution in [3.8, 4) is 5.75 Å². The van der Waals surface area contributed by atoms with Crippen LogP contribution >= 0.6 is 0 Å². The lowest BCUT2D eigenvalue weighted by Crippen LogP contribution is -2.30. The normalized spacial score (nSPS) is 11.1. The van der Waals surface area contributed by atoms with E-state index in [1.54, 1.807) is 0 Å². The summed E-state index contributed by atoms with van der Waals surface area (Å²) in [5, 5.41) is 0. The number of hydrogen-bond donors (Lipinski definition) is 1. The molecule has 90 valence electrons. The highest BCUT2D eigenvalue weighted by Crippen LogP contribution is 2.12. The number of nitrogens with zero attached hydrogens (tertiary/aromatic N) is 1. The number of nitrogens with two attached hydrogens (primary N) is 1. The van der Waals surface area contributed by atoms with Gasteiger partial charge in [0.2, 0.25) is 0 Å². The summed E-state index contributed by atoms with van der Waals surface area (Å²) < 4.78 is 5.67. The summed E-state index contributed by atoms with van der Waals surface area (Å²) >= 11 is 0. The third-order valence-electron chi connectivity index (χ3n) is 2.73. The average molecular weight is 222 g/mol. The second-order valence-corrected chi connectivity index (χ2v) is 4.27. The fourth-order valence-corrected chi connectivity index (χ4v) is 1.33. The van der Waals surface area contributed by atoms with Crippen molar-refractivity contribution in [2.45, 2.75) is 26.4 Å². The van der Waals surface area contributed by atoms with Crippen molar-refractivity contribution in [3.05, 3.63) is 29.8 Å². The van der Waals surface area contributed by atoms with Crippen molar-refractivity contribution in [2.75, 3.05) is 20.2 Å². The Labute approximate surface area is 98.2 Å². The lowest BCUT2D eigenvalue weighted by Gasteiger charge is -2.20. The van der Waals surface area contributed by atoms with Crippen molar-refractivity contribution in [1.82, 2.24) is 4.90 Å². The van der Waals surface area contributed by atoms with Crippen LogP contribution in [0.4, 0.5) is 0 Å². The zero-order valence-corrected chi connectivity index (χ0v) is 10.4. The van der Waals surface area contributed by atoms with Gasteiger partial charge < -0.3 is 15.4 Å². The molecular formula is C13H22N2O. The Morgan fingerprint density at radius 1 is 1.38 bits per heavy atom. The van der Waals surface area contributed by atoms with Gasteiger partial charge in [-0.2, -0.15) is 0 Å². The molecule has 1 aromatic rings. The van der Waals surface area contributed by atoms with E-state index in [0.29, 0.717) is 19.2 Å². The van der Waals surface area contributed by atoms with E-state index in [2.05, 4.69) is 25.8 Å². The van der Waals surface area contributed by atoms with Gasteiger partial charge in [-0.05, 0) is 38.6 Å². The van der Waals surface area contributed by atoms with E-state index in [9.17, 15) is 0 Å². The van der Waals surface area contributed by atoms with Crippen molar-refractivity contribution in [1.29, 1.82) is 0 Å². The molecule has 3 heteroatoms. The Hall–Kier alpha value is -1.06. The molecule has 0 spiro atoms. The summed E-state index contributed by atoms with van der Waals surface area (Å²) in [7, 11) is 2.10. The minimum absolute atomic E-state index is 0.555. The summed E-state index contributed by atoms with van der Waals surface area (Å²) in [6.07, 6.45) is 0. The molecule has 0 atom stereocenters. The molecule has 0 amide bonds. The SMILES string of the molecule is CC(C)N(C)CCOc1cccc(CN)c1. The van der Waals surface area contributed by atoms with E-state index in [-0.39, 0.29) is 0 Å². The van der Waals surface area contributed by atoms with E-state index in [0.717, 1.165) is 17.9 Å². The van der Waals surface area contributed by atoms with Crippen molar-refractivity contribution in [3.63, 3.8) is 0 Å². The van der Waals surface area contributed by atoms with E-state index in [4.69, 9.17) is 10.5 Å². The van der Waals surface area contributed by atoms with Crippen LogP contribution in [-0.2, 0) is 6.54 Å². The zero-order chi connectivity index (χ0) is 12.0. The Morgan fingerprint density at radius 2 is 2.12 bits per heavy atom. The van der Waals surface area contributed by atoms with Gasteiger partial charge in [-0.15, -0.1) is 0 Å². The molecule has 0 radical (unpaired) electrons. The molecule has 0 unspecified atom stereocenters. The van der Waals surface area contributed by atoms with Gasteiger partial charge in [-0.1, -0.05) is 12.1 Å². The first-order valence-electron chi connectivity index (χ1n) is 5.75. The van der Waals surface area contributed by atoms with Crippen molar-refractivity contribution in [2.24, 2.45) is 5.73 Å². The molecular weight excluding hydrogens is 200 g/mol. The molecule has 0 saturated heterocycles. The largest absolute Gasteiger partial charge is 0.492 e. The van der Waals surface area contributed by atoms with Crippen LogP contribution in [0, 0.1) is 0 Å². The van der Waals surface area contributed by atoms with E-state index >= 15 is 0 Å². The second kappa shape index (κ2) is 6.51. The lowest BCUT2D eigenvalue weighted by atomic mass is 10.2. The number of rotatable bonds is 6. The third kappa shape index (κ3) is 4.21. The molecule has 0 aliphatic carbocycles. The zero-order valence-electron chi connectivity index (χ0n) is 10.4. The van der Waals surface area contributed by atoms with Gasteiger partial charge >= 0.3 is 0 Å². The maximum absolute atomic E-state index is 5.67. The van der Waals surface area contributed by atoms with Crippen LogP contribution in [0.2, 0.25) is 0 Å². The summed E-state index contributed by atoms with van der Waals surface area (Å²) in [5.74, 6) is 0.903. The highest BCUT2D eigenvalue weighted by molar-refractivity contribution is 5.28. The monoisotopic (exact) mass is 222 g/mol. The average Bonchev–Trinajstić information content (AvgIpc) is 2.29. The van der Waals surface area contributed by atoms with Gasteiger partial charge in [0.05, 0.1) is 0 Å². The Bertz CT molecular complexity index is 313. The van der Waals surface area contributed by atoms with Crippen LogP contribution in [0.5, 0.6) is 5.75 Å². The Morgan fingerprint density at radius 3 is 2.75 bits per heavy atom. The van der Waals surface area contributed by atoms with Gasteiger partial charge in [-0.25, -0.2) is 0 Å². The second-order valence-electron chi connectivity index (χ2n) is 4.27. The summed E-state index contributed by atoms with van der Waals surface area (Å²) in [5.41, 5.74) is 6.68. The minimum atomic E-state index is 0.555. The molecule has 0 bridgehead atoms. The van der Waals surface area contributed by atoms with Crippen LogP contribution in [0.25, 0.3) is 0 Å². The van der Waals surface area contributed by atoms with E-state index in [1.165, 1.54) is 0 Å². The van der Waals surface area contributed by atoms with E-state index < -0.39 is 0 Å². The van der Waals surface area contributed by atoms with Crippen LogP contribution < -0.4 is 10.5 Å². The third-order valence-corrected chi connectivity index (χ3v) is 2.73. The first kappa shape index (κ1) is 13.0. The molecule has 0 saturated carbocycles. The van der Waals surface area contributed by atoms with Gasteiger partial charge in [0.25, 0.3) is 0 Å². The predicted molar refractivity (Wildman–Crippen MR) is 67.6 cm³/mol. The molecule has 0 aliphatic rings. The van der Waals surface area contributed by atoms with Gasteiger partial charge in [-0.3, -0.25) is 0 Å². The number of ether oxygens (including phenoxy) is 1. The van der Waals surface area contributed by atoms with Crippen molar-refractivity contribution >= 4 is 0 Å². The number of benzene rings is 1. The fourth-order valence-electron chi connectivity index (χ4n) is 1.33. The Balaban J connectivity index is 2.37. The molecule has 1 rings (SSSR count).